The van der Waals surface area contributed by atoms with E-state index in [1.165, 1.54) is 0 Å². The molecule has 11 heavy (non-hydrogen) atoms. The Balaban J connectivity index is 3.47. The van der Waals surface area contributed by atoms with Gasteiger partial charge in [0.15, 0.2) is 0 Å². The van der Waals surface area contributed by atoms with Crippen molar-refractivity contribution >= 4 is 0 Å². The van der Waals surface area contributed by atoms with Crippen LogP contribution in [0.5, 0.6) is 0 Å². The van der Waals surface area contributed by atoms with E-state index < -0.39 is 0 Å². The molecule has 0 saturated heterocycles. The maximum absolute atomic E-state index is 5.19. The van der Waals surface area contributed by atoms with Crippen LogP contribution in [0.15, 0.2) is 0 Å². The van der Waals surface area contributed by atoms with E-state index in [-0.39, 0.29) is 0 Å². The first-order valence-electron chi connectivity index (χ1n) is 4.30. The molecule has 0 heterocycles. The van der Waals surface area contributed by atoms with Crippen LogP contribution in [-0.4, -0.2) is 13.6 Å². The molecule has 0 fully saturated rings. The molecule has 0 aromatic rings. The van der Waals surface area contributed by atoms with Crippen LogP contribution < -0.4 is 5.32 Å². The summed E-state index contributed by atoms with van der Waals surface area (Å²) in [5.41, 5.74) is 0. The quantitative estimate of drug-likeness (QED) is 0.595. The van der Waals surface area contributed by atoms with Gasteiger partial charge in [0, 0.05) is 6.42 Å². The first-order valence-corrected chi connectivity index (χ1v) is 4.30. The highest BCUT2D eigenvalue weighted by atomic mass is 14.8. The summed E-state index contributed by atoms with van der Waals surface area (Å²) in [6.45, 7) is 5.61. The molecule has 0 aliphatic heterocycles. The maximum atomic E-state index is 5.19. The first kappa shape index (κ1) is 10.5. The maximum Gasteiger partial charge on any atom is 0.00887 e. The molecule has 0 aromatic heterocycles. The standard InChI is InChI=1S/C10H19N/c1-5-6-7-9(2)10(3)8-11-4/h1,9-11H,6-8H2,2-4H3. The lowest BCUT2D eigenvalue weighted by molar-refractivity contribution is 0.359. The van der Waals surface area contributed by atoms with Crippen LogP contribution in [0.25, 0.3) is 0 Å². The molecule has 0 aliphatic rings. The minimum Gasteiger partial charge on any atom is -0.319 e. The normalized spacial score (nSPS) is 15.5. The molecule has 0 rings (SSSR count). The van der Waals surface area contributed by atoms with Gasteiger partial charge in [-0.2, -0.15) is 0 Å². The topological polar surface area (TPSA) is 12.0 Å². The van der Waals surface area contributed by atoms with Crippen molar-refractivity contribution in [3.05, 3.63) is 0 Å². The molecular formula is C10H19N. The highest BCUT2D eigenvalue weighted by Crippen LogP contribution is 2.15. The number of hydrogen-bond acceptors (Lipinski definition) is 1. The minimum absolute atomic E-state index is 0.730. The molecule has 0 saturated carbocycles. The molecule has 64 valence electrons. The van der Waals surface area contributed by atoms with Gasteiger partial charge in [-0.3, -0.25) is 0 Å². The fourth-order valence-corrected chi connectivity index (χ4v) is 1.12. The zero-order valence-electron chi connectivity index (χ0n) is 7.85. The largest absolute Gasteiger partial charge is 0.319 e. The monoisotopic (exact) mass is 153 g/mol. The van der Waals surface area contributed by atoms with Crippen molar-refractivity contribution in [3.8, 4) is 12.3 Å². The van der Waals surface area contributed by atoms with Crippen molar-refractivity contribution in [2.75, 3.05) is 13.6 Å². The van der Waals surface area contributed by atoms with Crippen LogP contribution >= 0.6 is 0 Å². The average molecular weight is 153 g/mol. The predicted octanol–water partition coefficient (Wildman–Crippen LogP) is 1.89. The van der Waals surface area contributed by atoms with Gasteiger partial charge < -0.3 is 5.32 Å². The van der Waals surface area contributed by atoms with Crippen LogP contribution in [0.3, 0.4) is 0 Å². The van der Waals surface area contributed by atoms with Crippen LogP contribution in [0.1, 0.15) is 26.7 Å². The molecule has 1 nitrogen and oxygen atoms in total. The summed E-state index contributed by atoms with van der Waals surface area (Å²) in [5.74, 6) is 4.14. The highest BCUT2D eigenvalue weighted by molar-refractivity contribution is 4.84. The van der Waals surface area contributed by atoms with E-state index >= 15 is 0 Å². The van der Waals surface area contributed by atoms with Crippen molar-refractivity contribution in [1.29, 1.82) is 0 Å². The van der Waals surface area contributed by atoms with Gasteiger partial charge in [-0.15, -0.1) is 12.3 Å². The van der Waals surface area contributed by atoms with Crippen LogP contribution in [0.2, 0.25) is 0 Å². The van der Waals surface area contributed by atoms with E-state index in [0.29, 0.717) is 0 Å². The number of terminal acetylenes is 1. The van der Waals surface area contributed by atoms with E-state index in [2.05, 4.69) is 25.1 Å². The van der Waals surface area contributed by atoms with Gasteiger partial charge in [-0.05, 0) is 31.8 Å². The lowest BCUT2D eigenvalue weighted by Crippen LogP contribution is -2.21. The Morgan fingerprint density at radius 1 is 1.36 bits per heavy atom. The molecule has 2 atom stereocenters. The number of rotatable bonds is 5. The SMILES string of the molecule is C#CCCC(C)C(C)CNC. The van der Waals surface area contributed by atoms with E-state index in [1.807, 2.05) is 7.05 Å². The Labute approximate surface area is 70.6 Å². The van der Waals surface area contributed by atoms with Gasteiger partial charge in [0.25, 0.3) is 0 Å². The minimum atomic E-state index is 0.730. The molecular weight excluding hydrogens is 134 g/mol. The smallest absolute Gasteiger partial charge is 0.00887 e. The summed E-state index contributed by atoms with van der Waals surface area (Å²) in [6.07, 6.45) is 7.25. The second-order valence-corrected chi connectivity index (χ2v) is 3.26. The Kier molecular flexibility index (Phi) is 5.97. The Morgan fingerprint density at radius 2 is 2.00 bits per heavy atom. The Bertz CT molecular complexity index is 123. The number of hydrogen-bond donors (Lipinski definition) is 1. The van der Waals surface area contributed by atoms with Gasteiger partial charge in [0.1, 0.15) is 0 Å². The molecule has 0 bridgehead atoms. The summed E-state index contributed by atoms with van der Waals surface area (Å²) in [4.78, 5) is 0. The van der Waals surface area contributed by atoms with E-state index in [0.717, 1.165) is 31.2 Å². The third-order valence-corrected chi connectivity index (χ3v) is 2.24. The highest BCUT2D eigenvalue weighted by Gasteiger charge is 2.09. The van der Waals surface area contributed by atoms with Gasteiger partial charge in [0.2, 0.25) is 0 Å². The van der Waals surface area contributed by atoms with Crippen molar-refractivity contribution in [1.82, 2.24) is 5.32 Å². The molecule has 2 unspecified atom stereocenters. The lowest BCUT2D eigenvalue weighted by atomic mass is 9.92. The van der Waals surface area contributed by atoms with Gasteiger partial charge in [-0.1, -0.05) is 13.8 Å². The molecule has 0 aliphatic carbocycles. The van der Waals surface area contributed by atoms with Gasteiger partial charge in [0.05, 0.1) is 0 Å². The predicted molar refractivity (Wildman–Crippen MR) is 50.3 cm³/mol. The summed E-state index contributed by atoms with van der Waals surface area (Å²) in [6, 6.07) is 0. The summed E-state index contributed by atoms with van der Waals surface area (Å²) in [5, 5.41) is 3.17. The third-order valence-electron chi connectivity index (χ3n) is 2.24. The fraction of sp³-hybridized carbons (Fsp3) is 0.800. The first-order chi connectivity index (χ1) is 5.22. The Morgan fingerprint density at radius 3 is 2.45 bits per heavy atom. The van der Waals surface area contributed by atoms with E-state index in [9.17, 15) is 0 Å². The van der Waals surface area contributed by atoms with Gasteiger partial charge in [-0.25, -0.2) is 0 Å². The molecule has 0 spiro atoms. The molecule has 0 amide bonds. The zero-order valence-corrected chi connectivity index (χ0v) is 7.85. The summed E-state index contributed by atoms with van der Waals surface area (Å²) < 4.78 is 0. The molecule has 1 N–H and O–H groups in total. The van der Waals surface area contributed by atoms with E-state index in [4.69, 9.17) is 6.42 Å². The summed E-state index contributed by atoms with van der Waals surface area (Å²) >= 11 is 0. The molecule has 1 heteroatoms. The Hall–Kier alpha value is -0.480. The van der Waals surface area contributed by atoms with Crippen LogP contribution in [-0.2, 0) is 0 Å². The van der Waals surface area contributed by atoms with Crippen molar-refractivity contribution in [2.24, 2.45) is 11.8 Å². The fourth-order valence-electron chi connectivity index (χ4n) is 1.12. The summed E-state index contributed by atoms with van der Waals surface area (Å²) in [7, 11) is 1.99. The van der Waals surface area contributed by atoms with Gasteiger partial charge >= 0.3 is 0 Å². The van der Waals surface area contributed by atoms with Crippen molar-refractivity contribution in [3.63, 3.8) is 0 Å². The second-order valence-electron chi connectivity index (χ2n) is 3.26. The second kappa shape index (κ2) is 6.24. The van der Waals surface area contributed by atoms with Crippen LogP contribution in [0.4, 0.5) is 0 Å². The van der Waals surface area contributed by atoms with E-state index in [1.54, 1.807) is 0 Å². The van der Waals surface area contributed by atoms with Crippen molar-refractivity contribution in [2.45, 2.75) is 26.7 Å². The zero-order chi connectivity index (χ0) is 8.69. The third kappa shape index (κ3) is 4.86. The van der Waals surface area contributed by atoms with Crippen molar-refractivity contribution < 1.29 is 0 Å². The number of nitrogens with one attached hydrogen (secondary N) is 1. The average Bonchev–Trinajstić information content (AvgIpc) is 2.00. The molecule has 0 radical (unpaired) electrons. The molecule has 0 aromatic carbocycles. The van der Waals surface area contributed by atoms with Crippen LogP contribution in [0, 0.1) is 24.2 Å². The lowest BCUT2D eigenvalue weighted by Gasteiger charge is -2.18.